The maximum atomic E-state index is 13.7. The molecule has 0 saturated carbocycles. The second-order valence-corrected chi connectivity index (χ2v) is 8.57. The molecule has 1 aliphatic heterocycles. The number of carbonyl (C=O) groups excluding carboxylic acids is 3. The molecule has 1 unspecified atom stereocenters. The van der Waals surface area contributed by atoms with Gasteiger partial charge in [-0.2, -0.15) is 0 Å². The fourth-order valence-electron chi connectivity index (χ4n) is 4.36. The second-order valence-electron chi connectivity index (χ2n) is 8.57. The average Bonchev–Trinajstić information content (AvgIpc) is 3.23. The maximum Gasteiger partial charge on any atom is 0.231 e. The summed E-state index contributed by atoms with van der Waals surface area (Å²) in [7, 11) is 0. The van der Waals surface area contributed by atoms with Crippen molar-refractivity contribution < 1.29 is 39.2 Å². The predicted octanol–water partition coefficient (Wildman–Crippen LogP) is 3.11. The molecule has 0 spiro atoms. The molecule has 8 heteroatoms. The van der Waals surface area contributed by atoms with Crippen LogP contribution in [-0.4, -0.2) is 45.6 Å². The number of phenolic OH excluding ortho intramolecular Hbond substituents is 2. The summed E-state index contributed by atoms with van der Waals surface area (Å²) in [4.78, 5) is 40.4. The Balaban J connectivity index is 1.80. The summed E-state index contributed by atoms with van der Waals surface area (Å²) in [5, 5.41) is 31.6. The van der Waals surface area contributed by atoms with Crippen molar-refractivity contribution in [2.45, 2.75) is 39.2 Å². The maximum absolute atomic E-state index is 13.7. The monoisotopic (exact) mass is 452 g/mol. The fourth-order valence-corrected chi connectivity index (χ4v) is 4.36. The van der Waals surface area contributed by atoms with E-state index in [0.29, 0.717) is 17.1 Å². The quantitative estimate of drug-likeness (QED) is 0.346. The van der Waals surface area contributed by atoms with Crippen LogP contribution in [0.2, 0.25) is 0 Å². The van der Waals surface area contributed by atoms with Crippen molar-refractivity contribution in [3.63, 3.8) is 0 Å². The summed E-state index contributed by atoms with van der Waals surface area (Å²) in [6, 6.07) is 7.10. The third-order valence-corrected chi connectivity index (χ3v) is 6.13. The minimum absolute atomic E-state index is 0.0385. The highest BCUT2D eigenvalue weighted by Gasteiger charge is 2.56. The van der Waals surface area contributed by atoms with Gasteiger partial charge in [-0.25, -0.2) is 0 Å². The van der Waals surface area contributed by atoms with Gasteiger partial charge in [0, 0.05) is 12.8 Å². The van der Waals surface area contributed by atoms with E-state index in [1.165, 1.54) is 0 Å². The zero-order chi connectivity index (χ0) is 23.9. The number of fused-ring (bicyclic) bond motifs is 2. The van der Waals surface area contributed by atoms with E-state index in [1.54, 1.807) is 38.1 Å². The number of aliphatic hydroxyl groups is 1. The van der Waals surface area contributed by atoms with Crippen molar-refractivity contribution in [1.29, 1.82) is 0 Å². The smallest absolute Gasteiger partial charge is 0.231 e. The predicted molar refractivity (Wildman–Crippen MR) is 117 cm³/mol. The lowest BCUT2D eigenvalue weighted by Gasteiger charge is -2.38. The molecule has 2 atom stereocenters. The van der Waals surface area contributed by atoms with Gasteiger partial charge in [0.1, 0.15) is 16.9 Å². The first-order chi connectivity index (χ1) is 15.6. The minimum atomic E-state index is -2.11. The van der Waals surface area contributed by atoms with Crippen LogP contribution in [0.25, 0.3) is 0 Å². The molecular formula is C25H24O8. The molecule has 1 heterocycles. The van der Waals surface area contributed by atoms with Gasteiger partial charge in [0.05, 0.1) is 17.2 Å². The van der Waals surface area contributed by atoms with Crippen LogP contribution in [-0.2, 0) is 11.2 Å². The molecule has 0 bridgehead atoms. The molecule has 0 amide bonds. The number of allylic oxidation sites excluding steroid dienone is 1. The zero-order valence-electron chi connectivity index (χ0n) is 18.3. The molecule has 3 N–H and O–H groups in total. The lowest BCUT2D eigenvalue weighted by Crippen LogP contribution is -2.53. The van der Waals surface area contributed by atoms with Crippen LogP contribution in [0.1, 0.15) is 53.0 Å². The van der Waals surface area contributed by atoms with Crippen molar-refractivity contribution in [3.05, 3.63) is 58.7 Å². The lowest BCUT2D eigenvalue weighted by atomic mass is 9.62. The first-order valence-electron chi connectivity index (χ1n) is 10.5. The van der Waals surface area contributed by atoms with Crippen molar-refractivity contribution in [2.75, 3.05) is 6.79 Å². The minimum Gasteiger partial charge on any atom is -0.507 e. The van der Waals surface area contributed by atoms with E-state index in [4.69, 9.17) is 9.47 Å². The zero-order valence-corrected chi connectivity index (χ0v) is 18.3. The standard InChI is InChI=1S/C25H24O8/c1-13(2)3-8-20(29)25(21(30)10-14-4-7-18-19(9-14)33-12-32-18)11-17(28)22-15(26)5-6-16(27)23(22)24(25)31/h3-7,9,20,26-27,29H,8,10-12H2,1-2H3/t20-,25?/m1/s1. The van der Waals surface area contributed by atoms with Gasteiger partial charge >= 0.3 is 0 Å². The van der Waals surface area contributed by atoms with E-state index in [2.05, 4.69) is 0 Å². The van der Waals surface area contributed by atoms with Crippen LogP contribution in [0.4, 0.5) is 0 Å². The summed E-state index contributed by atoms with van der Waals surface area (Å²) in [6.45, 7) is 3.67. The first-order valence-corrected chi connectivity index (χ1v) is 10.5. The highest BCUT2D eigenvalue weighted by Crippen LogP contribution is 2.46. The molecule has 33 heavy (non-hydrogen) atoms. The number of Topliss-reactive ketones (excluding diaryl/α,β-unsaturated/α-hetero) is 3. The van der Waals surface area contributed by atoms with Crippen LogP contribution < -0.4 is 9.47 Å². The first kappa shape index (κ1) is 22.5. The Bertz CT molecular complexity index is 1190. The fraction of sp³-hybridized carbons (Fsp3) is 0.320. The van der Waals surface area contributed by atoms with Crippen molar-refractivity contribution in [2.24, 2.45) is 5.41 Å². The molecule has 0 fully saturated rings. The van der Waals surface area contributed by atoms with Gasteiger partial charge in [-0.1, -0.05) is 17.7 Å². The van der Waals surface area contributed by atoms with Gasteiger partial charge in [0.15, 0.2) is 28.8 Å². The number of carbonyl (C=O) groups is 3. The van der Waals surface area contributed by atoms with E-state index in [-0.39, 0.29) is 25.2 Å². The number of aliphatic hydroxyl groups excluding tert-OH is 1. The Morgan fingerprint density at radius 2 is 1.73 bits per heavy atom. The molecule has 4 rings (SSSR count). The van der Waals surface area contributed by atoms with Crippen LogP contribution in [0.3, 0.4) is 0 Å². The number of hydrogen-bond donors (Lipinski definition) is 3. The van der Waals surface area contributed by atoms with E-state index >= 15 is 0 Å². The molecule has 2 aromatic rings. The Morgan fingerprint density at radius 1 is 1.06 bits per heavy atom. The van der Waals surface area contributed by atoms with E-state index in [0.717, 1.165) is 17.7 Å². The van der Waals surface area contributed by atoms with E-state index < -0.39 is 52.4 Å². The molecule has 2 aromatic carbocycles. The van der Waals surface area contributed by atoms with E-state index in [9.17, 15) is 29.7 Å². The molecular weight excluding hydrogens is 428 g/mol. The molecule has 0 aromatic heterocycles. The van der Waals surface area contributed by atoms with Gasteiger partial charge in [-0.05, 0) is 50.1 Å². The highest BCUT2D eigenvalue weighted by molar-refractivity contribution is 6.26. The van der Waals surface area contributed by atoms with Gasteiger partial charge in [0.25, 0.3) is 0 Å². The van der Waals surface area contributed by atoms with Gasteiger partial charge in [-0.15, -0.1) is 0 Å². The summed E-state index contributed by atoms with van der Waals surface area (Å²) >= 11 is 0. The van der Waals surface area contributed by atoms with Crippen LogP contribution in [0.5, 0.6) is 23.0 Å². The van der Waals surface area contributed by atoms with Crippen LogP contribution in [0, 0.1) is 5.41 Å². The Kier molecular flexibility index (Phi) is 5.71. The Labute approximate surface area is 190 Å². The van der Waals surface area contributed by atoms with Gasteiger partial charge < -0.3 is 24.8 Å². The number of aromatic hydroxyl groups is 2. The third-order valence-electron chi connectivity index (χ3n) is 6.13. The Morgan fingerprint density at radius 3 is 2.42 bits per heavy atom. The van der Waals surface area contributed by atoms with Crippen molar-refractivity contribution in [1.82, 2.24) is 0 Å². The van der Waals surface area contributed by atoms with Crippen molar-refractivity contribution in [3.8, 4) is 23.0 Å². The SMILES string of the molecule is CC(C)=CC[C@@H](O)C1(C(=O)Cc2ccc3c(c2)OCO3)CC(=O)c2c(O)ccc(O)c2C1=O. The van der Waals surface area contributed by atoms with Crippen LogP contribution in [0.15, 0.2) is 42.0 Å². The largest absolute Gasteiger partial charge is 0.507 e. The number of rotatable bonds is 6. The average molecular weight is 452 g/mol. The summed E-state index contributed by atoms with van der Waals surface area (Å²) in [5.41, 5.74) is -1.51. The lowest BCUT2D eigenvalue weighted by molar-refractivity contribution is -0.131. The topological polar surface area (TPSA) is 130 Å². The molecule has 0 saturated heterocycles. The second kappa shape index (κ2) is 8.37. The summed E-state index contributed by atoms with van der Waals surface area (Å²) in [6.07, 6.45) is -0.743. The summed E-state index contributed by atoms with van der Waals surface area (Å²) in [5.74, 6) is -2.25. The van der Waals surface area contributed by atoms with Crippen molar-refractivity contribution >= 4 is 17.3 Å². The van der Waals surface area contributed by atoms with E-state index in [1.807, 2.05) is 0 Å². The summed E-state index contributed by atoms with van der Waals surface area (Å²) < 4.78 is 10.6. The molecule has 1 aliphatic carbocycles. The molecule has 2 aliphatic rings. The number of phenols is 2. The molecule has 172 valence electrons. The number of benzene rings is 2. The number of hydrogen-bond acceptors (Lipinski definition) is 8. The number of ketones is 3. The van der Waals surface area contributed by atoms with Crippen LogP contribution >= 0.6 is 0 Å². The highest BCUT2D eigenvalue weighted by atomic mass is 16.7. The molecule has 0 radical (unpaired) electrons. The molecule has 8 nitrogen and oxygen atoms in total. The number of ether oxygens (including phenoxy) is 2. The third kappa shape index (κ3) is 3.76. The van der Waals surface area contributed by atoms with Gasteiger partial charge in [0.2, 0.25) is 6.79 Å². The normalized spacial score (nSPS) is 19.7. The Hall–Kier alpha value is -3.65. The van der Waals surface area contributed by atoms with Gasteiger partial charge in [-0.3, -0.25) is 14.4 Å².